The molecule has 0 radical (unpaired) electrons. The van der Waals surface area contributed by atoms with Gasteiger partial charge in [0.25, 0.3) is 0 Å². The van der Waals surface area contributed by atoms with E-state index >= 15 is 0 Å². The number of nitrogens with zero attached hydrogens (tertiary/aromatic N) is 2. The molecule has 0 saturated heterocycles. The van der Waals surface area contributed by atoms with Crippen molar-refractivity contribution < 1.29 is 27.5 Å². The summed E-state index contributed by atoms with van der Waals surface area (Å²) in [5, 5.41) is 4.02. The van der Waals surface area contributed by atoms with Gasteiger partial charge in [-0.2, -0.15) is 13.2 Å². The predicted octanol–water partition coefficient (Wildman–Crippen LogP) is 5.02. The van der Waals surface area contributed by atoms with Gasteiger partial charge in [0.05, 0.1) is 11.1 Å². The first kappa shape index (κ1) is 21.1. The average Bonchev–Trinajstić information content (AvgIpc) is 2.73. The predicted molar refractivity (Wildman–Crippen MR) is 103 cm³/mol. The number of aromatic nitrogens is 1. The van der Waals surface area contributed by atoms with Gasteiger partial charge >= 0.3 is 12.1 Å². The van der Waals surface area contributed by atoms with Gasteiger partial charge < -0.3 is 15.3 Å². The summed E-state index contributed by atoms with van der Waals surface area (Å²) in [7, 11) is 0. The molecule has 3 aromatic rings. The largest absolute Gasteiger partial charge is 0.439 e. The summed E-state index contributed by atoms with van der Waals surface area (Å²) in [5.74, 6) is -0.480. The molecule has 0 spiro atoms. The molecule has 10 heteroatoms. The summed E-state index contributed by atoms with van der Waals surface area (Å²) in [6.07, 6.45) is -3.25. The lowest BCUT2D eigenvalue weighted by Gasteiger charge is -2.07. The van der Waals surface area contributed by atoms with Crippen molar-refractivity contribution in [1.29, 1.82) is 0 Å². The molecule has 0 fully saturated rings. The van der Waals surface area contributed by atoms with E-state index in [9.17, 15) is 18.0 Å². The molecule has 30 heavy (non-hydrogen) atoms. The van der Waals surface area contributed by atoms with E-state index in [2.05, 4.69) is 15.0 Å². The Bertz CT molecular complexity index is 1070. The van der Waals surface area contributed by atoms with E-state index in [1.54, 1.807) is 24.3 Å². The van der Waals surface area contributed by atoms with Crippen LogP contribution in [0.5, 0.6) is 11.6 Å². The maximum absolute atomic E-state index is 12.7. The molecule has 0 unspecified atom stereocenters. The fraction of sp³-hybridized carbons (Fsp3) is 0.0500. The maximum Gasteiger partial charge on any atom is 0.416 e. The first-order valence-corrected chi connectivity index (χ1v) is 8.72. The highest BCUT2D eigenvalue weighted by molar-refractivity contribution is 6.30. The van der Waals surface area contributed by atoms with Crippen LogP contribution in [0, 0.1) is 0 Å². The molecule has 0 aliphatic rings. The normalized spacial score (nSPS) is 11.8. The molecule has 2 aromatic carbocycles. The van der Waals surface area contributed by atoms with E-state index in [4.69, 9.17) is 22.1 Å². The van der Waals surface area contributed by atoms with Gasteiger partial charge in [-0.1, -0.05) is 22.8 Å². The molecule has 1 heterocycles. The molecule has 6 nitrogen and oxygen atoms in total. The third-order valence-corrected chi connectivity index (χ3v) is 3.97. The summed E-state index contributed by atoms with van der Waals surface area (Å²) >= 11 is 5.80. The van der Waals surface area contributed by atoms with Gasteiger partial charge in [0.2, 0.25) is 5.88 Å². The lowest BCUT2D eigenvalue weighted by Crippen LogP contribution is -2.16. The Hall–Kier alpha value is -3.59. The second kappa shape index (κ2) is 8.83. The van der Waals surface area contributed by atoms with E-state index in [1.165, 1.54) is 24.4 Å². The zero-order valence-corrected chi connectivity index (χ0v) is 15.8. The molecular weight excluding hydrogens is 423 g/mol. The zero-order chi connectivity index (χ0) is 21.7. The van der Waals surface area contributed by atoms with Crippen LogP contribution < -0.4 is 10.5 Å². The van der Waals surface area contributed by atoms with E-state index in [-0.39, 0.29) is 17.3 Å². The van der Waals surface area contributed by atoms with E-state index in [0.717, 1.165) is 12.1 Å². The number of pyridine rings is 1. The van der Waals surface area contributed by atoms with Gasteiger partial charge in [-0.05, 0) is 48.5 Å². The first-order chi connectivity index (χ1) is 14.2. The minimum Gasteiger partial charge on any atom is -0.439 e. The Kier molecular flexibility index (Phi) is 6.22. The maximum atomic E-state index is 12.7. The SMILES string of the molecule is NC(=NOC(=O)c1cccc(C(F)(F)F)c1)c1ccc(Oc2ccc(Cl)cc2)nc1. The second-order valence-corrected chi connectivity index (χ2v) is 6.31. The molecule has 1 aromatic heterocycles. The Labute approximate surface area is 173 Å². The molecule has 2 N–H and O–H groups in total. The Morgan fingerprint density at radius 3 is 2.40 bits per heavy atom. The third kappa shape index (κ3) is 5.48. The Morgan fingerprint density at radius 2 is 1.77 bits per heavy atom. The highest BCUT2D eigenvalue weighted by Gasteiger charge is 2.31. The van der Waals surface area contributed by atoms with Crippen molar-refractivity contribution in [1.82, 2.24) is 4.98 Å². The number of hydrogen-bond acceptors (Lipinski definition) is 5. The number of benzene rings is 2. The van der Waals surface area contributed by atoms with Crippen molar-refractivity contribution in [3.63, 3.8) is 0 Å². The zero-order valence-electron chi connectivity index (χ0n) is 15.1. The van der Waals surface area contributed by atoms with Crippen LogP contribution in [-0.4, -0.2) is 16.8 Å². The average molecular weight is 436 g/mol. The number of alkyl halides is 3. The van der Waals surface area contributed by atoms with Crippen molar-refractivity contribution in [2.24, 2.45) is 10.9 Å². The summed E-state index contributed by atoms with van der Waals surface area (Å²) in [6.45, 7) is 0. The van der Waals surface area contributed by atoms with Crippen LogP contribution in [0.4, 0.5) is 13.2 Å². The van der Waals surface area contributed by atoms with Crippen LogP contribution in [0.1, 0.15) is 21.5 Å². The fourth-order valence-corrected chi connectivity index (χ4v) is 2.36. The minimum absolute atomic E-state index is 0.194. The van der Waals surface area contributed by atoms with E-state index < -0.39 is 17.7 Å². The van der Waals surface area contributed by atoms with E-state index in [0.29, 0.717) is 22.4 Å². The number of carbonyl (C=O) groups excluding carboxylic acids is 1. The van der Waals surface area contributed by atoms with Crippen molar-refractivity contribution in [3.8, 4) is 11.6 Å². The molecule has 0 atom stereocenters. The van der Waals surface area contributed by atoms with Crippen LogP contribution >= 0.6 is 11.6 Å². The monoisotopic (exact) mass is 435 g/mol. The molecule has 154 valence electrons. The summed E-state index contributed by atoms with van der Waals surface area (Å²) in [4.78, 5) is 20.6. The van der Waals surface area contributed by atoms with Gasteiger partial charge in [0.1, 0.15) is 5.75 Å². The molecule has 0 saturated carbocycles. The molecule has 0 aliphatic heterocycles. The van der Waals surface area contributed by atoms with Crippen molar-refractivity contribution in [3.05, 3.63) is 88.6 Å². The number of ether oxygens (including phenoxy) is 1. The molecule has 0 bridgehead atoms. The summed E-state index contributed by atoms with van der Waals surface area (Å²) in [6, 6.07) is 13.5. The van der Waals surface area contributed by atoms with Gasteiger partial charge in [-0.25, -0.2) is 9.78 Å². The lowest BCUT2D eigenvalue weighted by molar-refractivity contribution is -0.137. The van der Waals surface area contributed by atoms with Crippen molar-refractivity contribution >= 4 is 23.4 Å². The molecule has 3 rings (SSSR count). The van der Waals surface area contributed by atoms with Gasteiger partial charge in [0, 0.05) is 22.8 Å². The van der Waals surface area contributed by atoms with Gasteiger partial charge in [-0.3, -0.25) is 0 Å². The molecular formula is C20H13ClF3N3O3. The van der Waals surface area contributed by atoms with Crippen LogP contribution in [0.25, 0.3) is 0 Å². The molecule has 0 amide bonds. The van der Waals surface area contributed by atoms with Gasteiger partial charge in [0.15, 0.2) is 5.84 Å². The summed E-state index contributed by atoms with van der Waals surface area (Å²) < 4.78 is 43.7. The Balaban J connectivity index is 1.65. The summed E-state index contributed by atoms with van der Waals surface area (Å²) in [5.41, 5.74) is 4.76. The standard InChI is InChI=1S/C20H13ClF3N3O3/c21-15-5-7-16(8-6-15)29-17-9-4-13(11-26-17)18(25)27-30-19(28)12-2-1-3-14(10-12)20(22,23)24/h1-11H,(H2,25,27). The number of nitrogens with two attached hydrogens (primary N) is 1. The number of oxime groups is 1. The van der Waals surface area contributed by atoms with Crippen LogP contribution in [0.3, 0.4) is 0 Å². The second-order valence-electron chi connectivity index (χ2n) is 5.87. The highest BCUT2D eigenvalue weighted by atomic mass is 35.5. The van der Waals surface area contributed by atoms with Crippen LogP contribution in [0.15, 0.2) is 72.0 Å². The first-order valence-electron chi connectivity index (χ1n) is 8.34. The smallest absolute Gasteiger partial charge is 0.416 e. The van der Waals surface area contributed by atoms with Gasteiger partial charge in [-0.15, -0.1) is 0 Å². The fourth-order valence-electron chi connectivity index (χ4n) is 2.23. The lowest BCUT2D eigenvalue weighted by atomic mass is 10.1. The van der Waals surface area contributed by atoms with Crippen LogP contribution in [-0.2, 0) is 11.0 Å². The topological polar surface area (TPSA) is 86.8 Å². The number of halogens is 4. The molecule has 0 aliphatic carbocycles. The number of hydrogen-bond donors (Lipinski definition) is 1. The Morgan fingerprint density at radius 1 is 1.03 bits per heavy atom. The van der Waals surface area contributed by atoms with Crippen molar-refractivity contribution in [2.45, 2.75) is 6.18 Å². The van der Waals surface area contributed by atoms with Crippen molar-refractivity contribution in [2.75, 3.05) is 0 Å². The van der Waals surface area contributed by atoms with E-state index in [1.807, 2.05) is 0 Å². The van der Waals surface area contributed by atoms with Crippen LogP contribution in [0.2, 0.25) is 5.02 Å². The minimum atomic E-state index is -4.58. The number of rotatable bonds is 5. The number of amidine groups is 1. The highest BCUT2D eigenvalue weighted by Crippen LogP contribution is 2.29. The third-order valence-electron chi connectivity index (χ3n) is 3.72. The number of carbonyl (C=O) groups is 1. The quantitative estimate of drug-likeness (QED) is 0.263.